The summed E-state index contributed by atoms with van der Waals surface area (Å²) in [5.41, 5.74) is -1.02. The lowest BCUT2D eigenvalue weighted by molar-refractivity contribution is -0.159. The maximum atomic E-state index is 11.8. The first kappa shape index (κ1) is 13.2. The number of carbonyl (C=O) groups excluding carboxylic acids is 2. The number of ether oxygens (including phenoxy) is 1. The lowest BCUT2D eigenvalue weighted by Gasteiger charge is -2.23. The number of rotatable bonds is 6. The van der Waals surface area contributed by atoms with Gasteiger partial charge in [-0.05, 0) is 13.8 Å². The van der Waals surface area contributed by atoms with Crippen LogP contribution in [0.4, 0.5) is 0 Å². The van der Waals surface area contributed by atoms with E-state index in [1.165, 1.54) is 0 Å². The van der Waals surface area contributed by atoms with Crippen LogP contribution in [0.3, 0.4) is 0 Å². The van der Waals surface area contributed by atoms with Gasteiger partial charge in [0.05, 0.1) is 0 Å². The molecule has 0 bridgehead atoms. The predicted molar refractivity (Wildman–Crippen MR) is 61.0 cm³/mol. The molecule has 0 aromatic rings. The van der Waals surface area contributed by atoms with Crippen LogP contribution >= 0.6 is 0 Å². The molecule has 4 heteroatoms. The number of carbonyl (C=O) groups is 2. The van der Waals surface area contributed by atoms with Crippen molar-refractivity contribution >= 4 is 11.8 Å². The molecule has 0 radical (unpaired) electrons. The summed E-state index contributed by atoms with van der Waals surface area (Å²) < 4.78 is 5.13. The van der Waals surface area contributed by atoms with E-state index in [1.54, 1.807) is 27.7 Å². The first-order valence-corrected chi connectivity index (χ1v) is 5.79. The molecule has 1 aliphatic rings. The number of ketones is 1. The molecule has 1 aliphatic heterocycles. The van der Waals surface area contributed by atoms with Crippen LogP contribution in [-0.2, 0) is 14.3 Å². The van der Waals surface area contributed by atoms with Crippen LogP contribution in [0.25, 0.3) is 0 Å². The van der Waals surface area contributed by atoms with Gasteiger partial charge in [-0.2, -0.15) is 0 Å². The van der Waals surface area contributed by atoms with Gasteiger partial charge < -0.3 is 4.74 Å². The van der Waals surface area contributed by atoms with Crippen LogP contribution in [0.1, 0.15) is 27.7 Å². The maximum absolute atomic E-state index is 11.8. The molecule has 0 aromatic carbocycles. The van der Waals surface area contributed by atoms with Crippen LogP contribution in [0, 0.1) is 11.3 Å². The average molecular weight is 227 g/mol. The zero-order chi connectivity index (χ0) is 12.3. The summed E-state index contributed by atoms with van der Waals surface area (Å²) in [6, 6.07) is 0. The summed E-state index contributed by atoms with van der Waals surface area (Å²) in [7, 11) is 0. The molecule has 4 nitrogen and oxygen atoms in total. The van der Waals surface area contributed by atoms with E-state index in [2.05, 4.69) is 4.90 Å². The highest BCUT2D eigenvalue weighted by atomic mass is 16.5. The summed E-state index contributed by atoms with van der Waals surface area (Å²) in [6.45, 7) is 10.2. The highest BCUT2D eigenvalue weighted by molar-refractivity contribution is 6.03. The fraction of sp³-hybridized carbons (Fsp3) is 0.833. The van der Waals surface area contributed by atoms with Gasteiger partial charge in [-0.25, -0.2) is 0 Å². The van der Waals surface area contributed by atoms with Gasteiger partial charge in [-0.15, -0.1) is 0 Å². The first-order valence-electron chi connectivity index (χ1n) is 5.79. The summed E-state index contributed by atoms with van der Waals surface area (Å²) in [5, 5.41) is 0. The Labute approximate surface area is 96.9 Å². The molecule has 1 heterocycles. The second-order valence-corrected chi connectivity index (χ2v) is 5.12. The van der Waals surface area contributed by atoms with Crippen LogP contribution < -0.4 is 0 Å². The highest BCUT2D eigenvalue weighted by Crippen LogP contribution is 2.23. The normalized spacial score (nSPS) is 16.3. The molecule has 0 atom stereocenters. The fourth-order valence-electron chi connectivity index (χ4n) is 1.56. The lowest BCUT2D eigenvalue weighted by Crippen LogP contribution is -2.38. The fourth-order valence-corrected chi connectivity index (χ4v) is 1.56. The third-order valence-electron chi connectivity index (χ3n) is 2.83. The summed E-state index contributed by atoms with van der Waals surface area (Å²) >= 11 is 0. The molecule has 0 aliphatic carbocycles. The Kier molecular flexibility index (Phi) is 4.08. The molecule has 0 amide bonds. The first-order chi connectivity index (χ1) is 7.35. The van der Waals surface area contributed by atoms with Crippen molar-refractivity contribution < 1.29 is 14.3 Å². The Hall–Kier alpha value is -0.900. The van der Waals surface area contributed by atoms with Crippen molar-refractivity contribution in [3.05, 3.63) is 0 Å². The Morgan fingerprint density at radius 2 is 1.88 bits per heavy atom. The van der Waals surface area contributed by atoms with E-state index in [4.69, 9.17) is 4.74 Å². The van der Waals surface area contributed by atoms with Crippen molar-refractivity contribution in [1.29, 1.82) is 0 Å². The second kappa shape index (κ2) is 4.95. The van der Waals surface area contributed by atoms with Gasteiger partial charge in [0.25, 0.3) is 0 Å². The van der Waals surface area contributed by atoms with E-state index in [-0.39, 0.29) is 11.7 Å². The summed E-state index contributed by atoms with van der Waals surface area (Å²) in [4.78, 5) is 25.7. The molecular weight excluding hydrogens is 206 g/mol. The second-order valence-electron chi connectivity index (χ2n) is 5.12. The van der Waals surface area contributed by atoms with Gasteiger partial charge in [0.1, 0.15) is 12.0 Å². The summed E-state index contributed by atoms with van der Waals surface area (Å²) in [5.74, 6) is -0.619. The van der Waals surface area contributed by atoms with E-state index >= 15 is 0 Å². The van der Waals surface area contributed by atoms with Crippen molar-refractivity contribution in [2.24, 2.45) is 11.3 Å². The molecule has 92 valence electrons. The van der Waals surface area contributed by atoms with E-state index in [1.807, 2.05) is 0 Å². The maximum Gasteiger partial charge on any atom is 0.319 e. The molecule has 0 unspecified atom stereocenters. The topological polar surface area (TPSA) is 46.4 Å². The van der Waals surface area contributed by atoms with Crippen molar-refractivity contribution in [2.45, 2.75) is 27.7 Å². The van der Waals surface area contributed by atoms with E-state index in [0.29, 0.717) is 6.61 Å². The monoisotopic (exact) mass is 227 g/mol. The van der Waals surface area contributed by atoms with Crippen molar-refractivity contribution in [3.63, 3.8) is 0 Å². The number of Topliss-reactive ketones (excluding diaryl/α,β-unsaturated/α-hetero) is 1. The molecule has 0 aromatic heterocycles. The largest absolute Gasteiger partial charge is 0.464 e. The predicted octanol–water partition coefficient (Wildman–Crippen LogP) is 1.10. The molecule has 0 N–H and O–H groups in total. The van der Waals surface area contributed by atoms with E-state index in [0.717, 1.165) is 19.6 Å². The number of hydrogen-bond donors (Lipinski definition) is 0. The highest BCUT2D eigenvalue weighted by Gasteiger charge is 2.38. The van der Waals surface area contributed by atoms with Gasteiger partial charge in [0.2, 0.25) is 0 Å². The molecular formula is C12H21NO3. The third-order valence-corrected chi connectivity index (χ3v) is 2.83. The SMILES string of the molecule is CC(C)C(=O)C(C)(C)C(=O)OCCN1CC1. The molecule has 0 spiro atoms. The smallest absolute Gasteiger partial charge is 0.319 e. The summed E-state index contributed by atoms with van der Waals surface area (Å²) in [6.07, 6.45) is 0. The van der Waals surface area contributed by atoms with Crippen LogP contribution in [0.5, 0.6) is 0 Å². The van der Waals surface area contributed by atoms with Gasteiger partial charge in [-0.1, -0.05) is 13.8 Å². The van der Waals surface area contributed by atoms with Crippen molar-refractivity contribution in [2.75, 3.05) is 26.2 Å². The molecule has 1 rings (SSSR count). The van der Waals surface area contributed by atoms with Crippen LogP contribution in [0.15, 0.2) is 0 Å². The van der Waals surface area contributed by atoms with Gasteiger partial charge in [0.15, 0.2) is 5.78 Å². The Morgan fingerprint density at radius 3 is 2.31 bits per heavy atom. The van der Waals surface area contributed by atoms with Crippen LogP contribution in [0.2, 0.25) is 0 Å². The standard InChI is InChI=1S/C12H21NO3/c1-9(2)10(14)12(3,4)11(15)16-8-7-13-5-6-13/h9H,5-8H2,1-4H3. The quantitative estimate of drug-likeness (QED) is 0.387. The third kappa shape index (κ3) is 3.30. The average Bonchev–Trinajstić information content (AvgIpc) is 3.00. The van der Waals surface area contributed by atoms with E-state index < -0.39 is 11.4 Å². The zero-order valence-electron chi connectivity index (χ0n) is 10.6. The zero-order valence-corrected chi connectivity index (χ0v) is 10.6. The minimum Gasteiger partial charge on any atom is -0.464 e. The Bertz CT molecular complexity index is 280. The van der Waals surface area contributed by atoms with Gasteiger partial charge in [0, 0.05) is 25.6 Å². The minimum atomic E-state index is -1.02. The van der Waals surface area contributed by atoms with Gasteiger partial charge in [-0.3, -0.25) is 14.5 Å². The molecule has 16 heavy (non-hydrogen) atoms. The minimum absolute atomic E-state index is 0.0655. The van der Waals surface area contributed by atoms with Gasteiger partial charge >= 0.3 is 5.97 Å². The molecule has 1 fully saturated rings. The Balaban J connectivity index is 2.39. The van der Waals surface area contributed by atoms with Crippen molar-refractivity contribution in [1.82, 2.24) is 4.90 Å². The van der Waals surface area contributed by atoms with E-state index in [9.17, 15) is 9.59 Å². The number of hydrogen-bond acceptors (Lipinski definition) is 4. The number of nitrogens with zero attached hydrogens (tertiary/aromatic N) is 1. The molecule has 1 saturated heterocycles. The van der Waals surface area contributed by atoms with Crippen molar-refractivity contribution in [3.8, 4) is 0 Å². The Morgan fingerprint density at radius 1 is 1.31 bits per heavy atom. The lowest BCUT2D eigenvalue weighted by atomic mass is 9.82. The molecule has 0 saturated carbocycles. The number of esters is 1. The van der Waals surface area contributed by atoms with Crippen LogP contribution in [-0.4, -0.2) is 42.9 Å².